The minimum absolute atomic E-state index is 0.148. The number of aromatic nitrogens is 4. The van der Waals surface area contributed by atoms with E-state index >= 15 is 0 Å². The minimum Gasteiger partial charge on any atom is -0.368 e. The van der Waals surface area contributed by atoms with Gasteiger partial charge in [-0.3, -0.25) is 14.3 Å². The van der Waals surface area contributed by atoms with Crippen LogP contribution in [0.3, 0.4) is 0 Å². The Balaban J connectivity index is 1.67. The van der Waals surface area contributed by atoms with Gasteiger partial charge in [-0.15, -0.1) is 0 Å². The second-order valence-corrected chi connectivity index (χ2v) is 8.76. The lowest BCUT2D eigenvalue weighted by molar-refractivity contribution is 0.773. The molecule has 0 aliphatic carbocycles. The number of aryl methyl sites for hydroxylation is 1. The van der Waals surface area contributed by atoms with Gasteiger partial charge in [-0.25, -0.2) is 4.98 Å². The molecule has 0 spiro atoms. The summed E-state index contributed by atoms with van der Waals surface area (Å²) in [4.78, 5) is 26.7. The van der Waals surface area contributed by atoms with E-state index in [9.17, 15) is 4.79 Å². The Hall–Kier alpha value is -4.23. The van der Waals surface area contributed by atoms with Crippen LogP contribution in [0.2, 0.25) is 5.02 Å². The third-order valence-corrected chi connectivity index (χ3v) is 6.14. The van der Waals surface area contributed by atoms with Gasteiger partial charge in [-0.05, 0) is 55.1 Å². The number of nitrogens with two attached hydrogens (primary N) is 1. The maximum Gasteiger partial charge on any atom is 0.264 e. The summed E-state index contributed by atoms with van der Waals surface area (Å²) in [6.45, 7) is 3.95. The summed E-state index contributed by atoms with van der Waals surface area (Å²) >= 11 is 6.44. The maximum absolute atomic E-state index is 13.7. The Morgan fingerprint density at radius 2 is 1.83 bits per heavy atom. The molecule has 8 heteroatoms. The first-order chi connectivity index (χ1) is 16.9. The Bertz CT molecular complexity index is 1600. The van der Waals surface area contributed by atoms with Crippen molar-refractivity contribution in [3.8, 4) is 16.8 Å². The zero-order valence-corrected chi connectivity index (χ0v) is 20.0. The van der Waals surface area contributed by atoms with Gasteiger partial charge in [0.1, 0.15) is 5.82 Å². The van der Waals surface area contributed by atoms with Crippen LogP contribution in [0.15, 0.2) is 84.0 Å². The monoisotopic (exact) mass is 482 g/mol. The average Bonchev–Trinajstić information content (AvgIpc) is 2.84. The summed E-state index contributed by atoms with van der Waals surface area (Å²) in [6.07, 6.45) is 5.23. The number of nitrogen functional groups attached to an aromatic ring is 1. The summed E-state index contributed by atoms with van der Waals surface area (Å²) < 4.78 is 1.68. The van der Waals surface area contributed by atoms with Crippen LogP contribution < -0.4 is 16.6 Å². The molecule has 0 aliphatic heterocycles. The Labute approximate surface area is 207 Å². The van der Waals surface area contributed by atoms with Crippen LogP contribution >= 0.6 is 11.6 Å². The second kappa shape index (κ2) is 9.19. The highest BCUT2D eigenvalue weighted by molar-refractivity contribution is 6.35. The SMILES string of the molecule is Cc1cncc(-c2cnc(N)nc2N[C@@H](C)c2cc3cccc(Cl)c3c(=O)n2-c2ccccc2)c1. The molecule has 0 unspecified atom stereocenters. The van der Waals surface area contributed by atoms with Crippen molar-refractivity contribution in [1.29, 1.82) is 0 Å². The molecule has 3 aromatic heterocycles. The summed E-state index contributed by atoms with van der Waals surface area (Å²) in [5.41, 5.74) is 9.89. The molecule has 2 aromatic carbocycles. The summed E-state index contributed by atoms with van der Waals surface area (Å²) in [5, 5.41) is 5.12. The molecule has 5 rings (SSSR count). The lowest BCUT2D eigenvalue weighted by Crippen LogP contribution is -2.26. The molecule has 0 fully saturated rings. The lowest BCUT2D eigenvalue weighted by atomic mass is 10.1. The molecule has 0 aliphatic rings. The molecular formula is C27H23ClN6O. The number of nitrogens with one attached hydrogen (secondary N) is 1. The van der Waals surface area contributed by atoms with Gasteiger partial charge in [0.15, 0.2) is 0 Å². The normalized spacial score (nSPS) is 12.0. The highest BCUT2D eigenvalue weighted by atomic mass is 35.5. The number of rotatable bonds is 5. The smallest absolute Gasteiger partial charge is 0.264 e. The van der Waals surface area contributed by atoms with Crippen molar-refractivity contribution in [2.24, 2.45) is 0 Å². The Morgan fingerprint density at radius 1 is 1.03 bits per heavy atom. The number of fused-ring (bicyclic) bond motifs is 1. The van der Waals surface area contributed by atoms with Crippen LogP contribution in [0, 0.1) is 6.92 Å². The topological polar surface area (TPSA) is 98.7 Å². The quantitative estimate of drug-likeness (QED) is 0.340. The zero-order chi connectivity index (χ0) is 24.5. The van der Waals surface area contributed by atoms with Crippen LogP contribution in [0.4, 0.5) is 11.8 Å². The third-order valence-electron chi connectivity index (χ3n) is 5.83. The van der Waals surface area contributed by atoms with E-state index in [1.165, 1.54) is 0 Å². The summed E-state index contributed by atoms with van der Waals surface area (Å²) in [7, 11) is 0. The van der Waals surface area contributed by atoms with Crippen molar-refractivity contribution in [3.63, 3.8) is 0 Å². The Kier molecular flexibility index (Phi) is 5.93. The van der Waals surface area contributed by atoms with Gasteiger partial charge in [-0.1, -0.05) is 41.9 Å². The standard InChI is InChI=1S/C27H23ClN6O/c1-16-11-19(14-30-13-16)21-15-31-27(29)33-25(21)32-17(2)23-12-18-7-6-10-22(28)24(18)26(35)34(23)20-8-4-3-5-9-20/h3-15,17H,1-2H3,(H3,29,31,32,33)/t17-/m0/s1. The van der Waals surface area contributed by atoms with E-state index in [0.29, 0.717) is 16.2 Å². The van der Waals surface area contributed by atoms with E-state index < -0.39 is 0 Å². The Morgan fingerprint density at radius 3 is 2.60 bits per heavy atom. The number of para-hydroxylation sites is 1. The molecule has 7 nitrogen and oxygen atoms in total. The molecule has 0 radical (unpaired) electrons. The third kappa shape index (κ3) is 4.34. The van der Waals surface area contributed by atoms with Crippen LogP contribution in [-0.2, 0) is 0 Å². The number of hydrogen-bond acceptors (Lipinski definition) is 6. The molecule has 174 valence electrons. The molecule has 0 saturated heterocycles. The van der Waals surface area contributed by atoms with Gasteiger partial charge in [0, 0.05) is 41.1 Å². The van der Waals surface area contributed by atoms with Crippen molar-refractivity contribution in [2.45, 2.75) is 19.9 Å². The molecule has 35 heavy (non-hydrogen) atoms. The van der Waals surface area contributed by atoms with E-state index in [0.717, 1.165) is 33.5 Å². The van der Waals surface area contributed by atoms with E-state index in [-0.39, 0.29) is 17.5 Å². The predicted octanol–water partition coefficient (Wildman–Crippen LogP) is 5.56. The first-order valence-electron chi connectivity index (χ1n) is 11.1. The summed E-state index contributed by atoms with van der Waals surface area (Å²) in [6, 6.07) is 18.6. The lowest BCUT2D eigenvalue weighted by Gasteiger charge is -2.22. The van der Waals surface area contributed by atoms with Crippen LogP contribution in [0.1, 0.15) is 24.2 Å². The number of hydrogen-bond donors (Lipinski definition) is 2. The van der Waals surface area contributed by atoms with E-state index in [1.807, 2.05) is 68.4 Å². The highest BCUT2D eigenvalue weighted by Crippen LogP contribution is 2.31. The number of nitrogens with zero attached hydrogens (tertiary/aromatic N) is 4. The van der Waals surface area contributed by atoms with Gasteiger partial charge in [0.05, 0.1) is 16.5 Å². The van der Waals surface area contributed by atoms with Gasteiger partial charge in [0.25, 0.3) is 5.56 Å². The fraction of sp³-hybridized carbons (Fsp3) is 0.111. The van der Waals surface area contributed by atoms with Gasteiger partial charge >= 0.3 is 0 Å². The van der Waals surface area contributed by atoms with E-state index in [1.54, 1.807) is 29.2 Å². The predicted molar refractivity (Wildman–Crippen MR) is 141 cm³/mol. The van der Waals surface area contributed by atoms with Gasteiger partial charge in [-0.2, -0.15) is 4.98 Å². The van der Waals surface area contributed by atoms with Crippen molar-refractivity contribution in [2.75, 3.05) is 11.1 Å². The summed E-state index contributed by atoms with van der Waals surface area (Å²) in [5.74, 6) is 0.699. The van der Waals surface area contributed by atoms with Gasteiger partial charge < -0.3 is 11.1 Å². The fourth-order valence-corrected chi connectivity index (χ4v) is 4.46. The molecule has 5 aromatic rings. The van der Waals surface area contributed by atoms with Gasteiger partial charge in [0.2, 0.25) is 5.95 Å². The van der Waals surface area contributed by atoms with Crippen LogP contribution in [0.5, 0.6) is 0 Å². The molecule has 0 saturated carbocycles. The molecule has 0 amide bonds. The number of pyridine rings is 2. The average molecular weight is 483 g/mol. The number of halogens is 1. The number of anilines is 2. The highest BCUT2D eigenvalue weighted by Gasteiger charge is 2.20. The zero-order valence-electron chi connectivity index (χ0n) is 19.2. The molecule has 1 atom stereocenters. The van der Waals surface area contributed by atoms with Crippen LogP contribution in [0.25, 0.3) is 27.6 Å². The van der Waals surface area contributed by atoms with Crippen molar-refractivity contribution < 1.29 is 0 Å². The van der Waals surface area contributed by atoms with Crippen molar-refractivity contribution in [1.82, 2.24) is 19.5 Å². The van der Waals surface area contributed by atoms with E-state index in [2.05, 4.69) is 20.3 Å². The van der Waals surface area contributed by atoms with Crippen molar-refractivity contribution >= 4 is 34.1 Å². The van der Waals surface area contributed by atoms with Crippen LogP contribution in [-0.4, -0.2) is 19.5 Å². The number of benzene rings is 2. The second-order valence-electron chi connectivity index (χ2n) is 8.36. The van der Waals surface area contributed by atoms with Crippen molar-refractivity contribution in [3.05, 3.63) is 106 Å². The molecule has 0 bridgehead atoms. The molecule has 3 heterocycles. The van der Waals surface area contributed by atoms with E-state index in [4.69, 9.17) is 17.3 Å². The first-order valence-corrected chi connectivity index (χ1v) is 11.5. The first kappa shape index (κ1) is 22.6. The minimum atomic E-state index is -0.322. The molecule has 3 N–H and O–H groups in total. The fourth-order valence-electron chi connectivity index (χ4n) is 4.20. The molecular weight excluding hydrogens is 460 g/mol. The largest absolute Gasteiger partial charge is 0.368 e. The maximum atomic E-state index is 13.7.